The van der Waals surface area contributed by atoms with Crippen LogP contribution in [0, 0.1) is 12.3 Å². The highest BCUT2D eigenvalue weighted by molar-refractivity contribution is 5.77. The van der Waals surface area contributed by atoms with E-state index >= 15 is 0 Å². The van der Waals surface area contributed by atoms with E-state index < -0.39 is 5.60 Å². The minimum Gasteiger partial charge on any atom is -0.444 e. The van der Waals surface area contributed by atoms with Crippen molar-refractivity contribution >= 4 is 12.0 Å². The van der Waals surface area contributed by atoms with E-state index in [0.29, 0.717) is 0 Å². The first-order valence-corrected chi connectivity index (χ1v) is 8.06. The number of nitrogens with one attached hydrogen (secondary N) is 2. The van der Waals surface area contributed by atoms with Crippen molar-refractivity contribution in [3.63, 3.8) is 0 Å². The van der Waals surface area contributed by atoms with Crippen molar-refractivity contribution in [2.45, 2.75) is 77.2 Å². The molecule has 0 saturated heterocycles. The van der Waals surface area contributed by atoms with Crippen LogP contribution in [0.2, 0.25) is 0 Å². The Hall–Kier alpha value is -1.74. The second-order valence-electron chi connectivity index (χ2n) is 6.89. The summed E-state index contributed by atoms with van der Waals surface area (Å²) in [5, 5.41) is 5.53. The lowest BCUT2D eigenvalue weighted by Gasteiger charge is -2.30. The molecule has 0 aromatic carbocycles. The standard InChI is InChI=1S/C17H28N2O4/c1-6-12(2)18-15(20)11-22-14-9-7-13(8-10-14)19-16(21)23-17(3,4)5/h1,12-14H,7-11H2,2-5H3,(H,18,20)(H,19,21). The van der Waals surface area contributed by atoms with E-state index in [1.807, 2.05) is 20.8 Å². The number of hydrogen-bond donors (Lipinski definition) is 2. The highest BCUT2D eigenvalue weighted by Gasteiger charge is 2.25. The molecule has 0 aliphatic heterocycles. The minimum absolute atomic E-state index is 0.0147. The third kappa shape index (κ3) is 8.46. The van der Waals surface area contributed by atoms with Crippen LogP contribution in [0.25, 0.3) is 0 Å². The Labute approximate surface area is 138 Å². The van der Waals surface area contributed by atoms with Crippen LogP contribution < -0.4 is 10.6 Å². The molecule has 0 spiro atoms. The van der Waals surface area contributed by atoms with Crippen LogP contribution in [0.1, 0.15) is 53.4 Å². The molecule has 0 bridgehead atoms. The number of alkyl carbamates (subject to hydrolysis) is 1. The number of amides is 2. The molecule has 1 saturated carbocycles. The van der Waals surface area contributed by atoms with Gasteiger partial charge in [0.15, 0.2) is 0 Å². The zero-order valence-corrected chi connectivity index (χ0v) is 14.5. The molecular formula is C17H28N2O4. The number of carbonyl (C=O) groups is 2. The van der Waals surface area contributed by atoms with Crippen LogP contribution in [0.5, 0.6) is 0 Å². The maximum absolute atomic E-state index is 11.7. The molecular weight excluding hydrogens is 296 g/mol. The number of ether oxygens (including phenoxy) is 2. The average molecular weight is 324 g/mol. The molecule has 1 fully saturated rings. The minimum atomic E-state index is -0.493. The predicted octanol–water partition coefficient (Wildman–Crippen LogP) is 1.98. The van der Waals surface area contributed by atoms with E-state index in [4.69, 9.17) is 15.9 Å². The molecule has 6 nitrogen and oxygen atoms in total. The molecule has 0 aromatic heterocycles. The van der Waals surface area contributed by atoms with Gasteiger partial charge in [0.1, 0.15) is 12.2 Å². The molecule has 0 radical (unpaired) electrons. The normalized spacial score (nSPS) is 22.6. The molecule has 23 heavy (non-hydrogen) atoms. The van der Waals surface area contributed by atoms with Crippen molar-refractivity contribution < 1.29 is 19.1 Å². The van der Waals surface area contributed by atoms with Gasteiger partial charge in [0.05, 0.1) is 12.1 Å². The molecule has 130 valence electrons. The fourth-order valence-corrected chi connectivity index (χ4v) is 2.37. The smallest absolute Gasteiger partial charge is 0.407 e. The number of terminal acetylenes is 1. The molecule has 1 rings (SSSR count). The summed E-state index contributed by atoms with van der Waals surface area (Å²) in [7, 11) is 0. The highest BCUT2D eigenvalue weighted by Crippen LogP contribution is 2.21. The SMILES string of the molecule is C#CC(C)NC(=O)COC1CCC(NC(=O)OC(C)(C)C)CC1. The number of carbonyl (C=O) groups excluding carboxylic acids is 2. The summed E-state index contributed by atoms with van der Waals surface area (Å²) in [5.41, 5.74) is -0.493. The van der Waals surface area contributed by atoms with Crippen LogP contribution in [-0.4, -0.2) is 42.4 Å². The van der Waals surface area contributed by atoms with E-state index in [1.54, 1.807) is 6.92 Å². The largest absolute Gasteiger partial charge is 0.444 e. The van der Waals surface area contributed by atoms with Gasteiger partial charge in [-0.25, -0.2) is 4.79 Å². The molecule has 0 aromatic rings. The first kappa shape index (κ1) is 19.3. The van der Waals surface area contributed by atoms with Gasteiger partial charge < -0.3 is 20.1 Å². The van der Waals surface area contributed by atoms with Crippen molar-refractivity contribution in [2.75, 3.05) is 6.61 Å². The molecule has 1 atom stereocenters. The fourth-order valence-electron chi connectivity index (χ4n) is 2.37. The fraction of sp³-hybridized carbons (Fsp3) is 0.765. The van der Waals surface area contributed by atoms with E-state index in [9.17, 15) is 9.59 Å². The third-order valence-electron chi connectivity index (χ3n) is 3.47. The summed E-state index contributed by atoms with van der Waals surface area (Å²) in [6.07, 6.45) is 8.09. The van der Waals surface area contributed by atoms with Crippen LogP contribution in [0.3, 0.4) is 0 Å². The molecule has 1 aliphatic rings. The van der Waals surface area contributed by atoms with Gasteiger partial charge in [0.25, 0.3) is 0 Å². The second-order valence-corrected chi connectivity index (χ2v) is 6.89. The Morgan fingerprint density at radius 1 is 1.26 bits per heavy atom. The zero-order chi connectivity index (χ0) is 17.5. The Morgan fingerprint density at radius 2 is 1.87 bits per heavy atom. The molecule has 6 heteroatoms. The topological polar surface area (TPSA) is 76.7 Å². The van der Waals surface area contributed by atoms with Gasteiger partial charge in [-0.2, -0.15) is 0 Å². The van der Waals surface area contributed by atoms with E-state index in [-0.39, 0.29) is 36.8 Å². The first-order valence-electron chi connectivity index (χ1n) is 8.06. The molecule has 1 unspecified atom stereocenters. The van der Waals surface area contributed by atoms with Crippen molar-refractivity contribution in [2.24, 2.45) is 0 Å². The third-order valence-corrected chi connectivity index (χ3v) is 3.47. The van der Waals surface area contributed by atoms with E-state index in [0.717, 1.165) is 25.7 Å². The quantitative estimate of drug-likeness (QED) is 0.758. The summed E-state index contributed by atoms with van der Waals surface area (Å²) >= 11 is 0. The lowest BCUT2D eigenvalue weighted by atomic mass is 9.93. The van der Waals surface area contributed by atoms with Crippen molar-refractivity contribution in [1.82, 2.24) is 10.6 Å². The van der Waals surface area contributed by atoms with Gasteiger partial charge in [-0.1, -0.05) is 5.92 Å². The summed E-state index contributed by atoms with van der Waals surface area (Å²) in [5.74, 6) is 2.23. The monoisotopic (exact) mass is 324 g/mol. The summed E-state index contributed by atoms with van der Waals surface area (Å²) in [4.78, 5) is 23.3. The second kappa shape index (κ2) is 8.78. The van der Waals surface area contributed by atoms with Crippen molar-refractivity contribution in [1.29, 1.82) is 0 Å². The van der Waals surface area contributed by atoms with Gasteiger partial charge in [0.2, 0.25) is 5.91 Å². The molecule has 2 N–H and O–H groups in total. The van der Waals surface area contributed by atoms with Gasteiger partial charge in [0, 0.05) is 6.04 Å². The van der Waals surface area contributed by atoms with Gasteiger partial charge >= 0.3 is 6.09 Å². The van der Waals surface area contributed by atoms with E-state index in [2.05, 4.69) is 16.6 Å². The Bertz CT molecular complexity index is 442. The van der Waals surface area contributed by atoms with Crippen LogP contribution in [0.15, 0.2) is 0 Å². The average Bonchev–Trinajstić information content (AvgIpc) is 2.44. The number of hydrogen-bond acceptors (Lipinski definition) is 4. The van der Waals surface area contributed by atoms with Gasteiger partial charge in [-0.15, -0.1) is 6.42 Å². The van der Waals surface area contributed by atoms with Gasteiger partial charge in [-0.05, 0) is 53.4 Å². The molecule has 2 amide bonds. The summed E-state index contributed by atoms with van der Waals surface area (Å²) in [6, 6.07) is -0.195. The predicted molar refractivity (Wildman–Crippen MR) is 87.8 cm³/mol. The molecule has 0 heterocycles. The van der Waals surface area contributed by atoms with Crippen molar-refractivity contribution in [3.8, 4) is 12.3 Å². The van der Waals surface area contributed by atoms with Gasteiger partial charge in [-0.3, -0.25) is 4.79 Å². The molecule has 1 aliphatic carbocycles. The lowest BCUT2D eigenvalue weighted by Crippen LogP contribution is -2.42. The van der Waals surface area contributed by atoms with Crippen LogP contribution in [-0.2, 0) is 14.3 Å². The first-order chi connectivity index (χ1) is 10.7. The maximum atomic E-state index is 11.7. The number of rotatable bonds is 5. The maximum Gasteiger partial charge on any atom is 0.407 e. The Balaban J connectivity index is 2.22. The lowest BCUT2D eigenvalue weighted by molar-refractivity contribution is -0.128. The van der Waals surface area contributed by atoms with Crippen LogP contribution in [0.4, 0.5) is 4.79 Å². The van der Waals surface area contributed by atoms with Crippen LogP contribution >= 0.6 is 0 Å². The van der Waals surface area contributed by atoms with Crippen molar-refractivity contribution in [3.05, 3.63) is 0 Å². The summed E-state index contributed by atoms with van der Waals surface area (Å²) in [6.45, 7) is 7.27. The van der Waals surface area contributed by atoms with E-state index in [1.165, 1.54) is 0 Å². The highest BCUT2D eigenvalue weighted by atomic mass is 16.6. The Kier molecular flexibility index (Phi) is 7.37. The zero-order valence-electron chi connectivity index (χ0n) is 14.5. The summed E-state index contributed by atoms with van der Waals surface area (Å²) < 4.78 is 10.8. The Morgan fingerprint density at radius 3 is 2.39 bits per heavy atom.